The van der Waals surface area contributed by atoms with Gasteiger partial charge in [0.05, 0.1) is 6.42 Å². The van der Waals surface area contributed by atoms with Crippen molar-refractivity contribution < 1.29 is 9.59 Å². The van der Waals surface area contributed by atoms with Gasteiger partial charge in [-0.1, -0.05) is 26.2 Å². The van der Waals surface area contributed by atoms with E-state index >= 15 is 0 Å². The van der Waals surface area contributed by atoms with E-state index in [0.29, 0.717) is 6.42 Å². The van der Waals surface area contributed by atoms with Crippen LogP contribution < -0.4 is 5.73 Å². The molecule has 1 saturated heterocycles. The second-order valence-corrected chi connectivity index (χ2v) is 6.40. The molecule has 0 spiro atoms. The lowest BCUT2D eigenvalue weighted by atomic mass is 9.94. The van der Waals surface area contributed by atoms with Crippen molar-refractivity contribution in [2.75, 3.05) is 26.2 Å². The lowest BCUT2D eigenvalue weighted by molar-refractivity contribution is -0.130. The van der Waals surface area contributed by atoms with E-state index in [2.05, 4.69) is 4.90 Å². The number of hydrogen-bond acceptors (Lipinski definition) is 3. The molecular weight excluding hydrogens is 266 g/mol. The quantitative estimate of drug-likeness (QED) is 0.828. The number of primary amides is 1. The molecule has 0 unspecified atom stereocenters. The number of nitrogens with two attached hydrogens (primary N) is 1. The Balaban J connectivity index is 1.70. The van der Waals surface area contributed by atoms with Crippen LogP contribution >= 0.6 is 0 Å². The van der Waals surface area contributed by atoms with Gasteiger partial charge in [-0.2, -0.15) is 0 Å². The van der Waals surface area contributed by atoms with Crippen LogP contribution in [0, 0.1) is 12.3 Å². The molecule has 2 rings (SSSR count). The summed E-state index contributed by atoms with van der Waals surface area (Å²) in [6, 6.07) is 0.731. The zero-order valence-electron chi connectivity index (χ0n) is 13.1. The number of carbonyl (C=O) groups excluding carboxylic acids is 2. The van der Waals surface area contributed by atoms with Gasteiger partial charge in [0.25, 0.3) is 0 Å². The van der Waals surface area contributed by atoms with Crippen LogP contribution in [0.15, 0.2) is 0 Å². The molecule has 0 bridgehead atoms. The zero-order chi connectivity index (χ0) is 15.2. The summed E-state index contributed by atoms with van der Waals surface area (Å²) >= 11 is 0. The Morgan fingerprint density at radius 3 is 2.33 bits per heavy atom. The van der Waals surface area contributed by atoms with Crippen molar-refractivity contribution in [3.63, 3.8) is 0 Å². The van der Waals surface area contributed by atoms with Crippen molar-refractivity contribution in [1.29, 1.82) is 0 Å². The van der Waals surface area contributed by atoms with Crippen LogP contribution in [0.1, 0.15) is 45.4 Å². The van der Waals surface area contributed by atoms with Crippen LogP contribution in [-0.4, -0.2) is 53.8 Å². The molecule has 2 fully saturated rings. The summed E-state index contributed by atoms with van der Waals surface area (Å²) in [6.45, 7) is 5.33. The highest BCUT2D eigenvalue weighted by Crippen LogP contribution is 2.23. The maximum Gasteiger partial charge on any atom is 0.226 e. The number of hydrogen-bond donors (Lipinski definition) is 1. The fraction of sp³-hybridized carbons (Fsp3) is 0.812. The van der Waals surface area contributed by atoms with E-state index in [-0.39, 0.29) is 17.7 Å². The first-order valence-corrected chi connectivity index (χ1v) is 8.23. The highest BCUT2D eigenvalue weighted by molar-refractivity contribution is 5.86. The van der Waals surface area contributed by atoms with Crippen molar-refractivity contribution >= 4 is 11.8 Å². The standard InChI is InChI=1S/C16H28N3O2/c1-13(16(17)21)7-8-15(20)19-11-9-18(10-12-19)14-5-3-2-4-6-14/h8,13-14H,2-7,9-12H2,1H3,(H2,17,21)/t13-/m0/s1. The summed E-state index contributed by atoms with van der Waals surface area (Å²) in [5.41, 5.74) is 5.21. The highest BCUT2D eigenvalue weighted by atomic mass is 16.2. The number of amides is 2. The van der Waals surface area contributed by atoms with Gasteiger partial charge in [0.1, 0.15) is 0 Å². The van der Waals surface area contributed by atoms with Gasteiger partial charge in [-0.25, -0.2) is 0 Å². The molecule has 2 amide bonds. The number of piperazine rings is 1. The van der Waals surface area contributed by atoms with E-state index in [9.17, 15) is 9.59 Å². The molecule has 1 saturated carbocycles. The van der Waals surface area contributed by atoms with E-state index < -0.39 is 0 Å². The van der Waals surface area contributed by atoms with Gasteiger partial charge in [0, 0.05) is 38.1 Å². The second-order valence-electron chi connectivity index (χ2n) is 6.40. The fourth-order valence-corrected chi connectivity index (χ4v) is 3.28. The average molecular weight is 294 g/mol. The molecule has 5 nitrogen and oxygen atoms in total. The van der Waals surface area contributed by atoms with Gasteiger partial charge in [-0.15, -0.1) is 0 Å². The molecule has 5 heteroatoms. The normalized spacial score (nSPS) is 23.0. The first-order valence-electron chi connectivity index (χ1n) is 8.23. The SMILES string of the molecule is C[C@@H](C[CH]C(=O)N1CCN(C2CCCCC2)CC1)C(N)=O. The third-order valence-corrected chi connectivity index (χ3v) is 4.85. The largest absolute Gasteiger partial charge is 0.369 e. The molecule has 1 aliphatic carbocycles. The average Bonchev–Trinajstić information content (AvgIpc) is 2.53. The predicted octanol–water partition coefficient (Wildman–Crippen LogP) is 1.18. The van der Waals surface area contributed by atoms with Crippen molar-refractivity contribution in [3.8, 4) is 0 Å². The summed E-state index contributed by atoms with van der Waals surface area (Å²) in [7, 11) is 0. The number of rotatable bonds is 5. The monoisotopic (exact) mass is 294 g/mol. The number of carbonyl (C=O) groups is 2. The summed E-state index contributed by atoms with van der Waals surface area (Å²) in [5.74, 6) is -0.565. The fourth-order valence-electron chi connectivity index (χ4n) is 3.28. The van der Waals surface area contributed by atoms with Crippen molar-refractivity contribution in [1.82, 2.24) is 9.80 Å². The van der Waals surface area contributed by atoms with E-state index in [1.807, 2.05) is 4.90 Å². The Labute approximate surface area is 127 Å². The van der Waals surface area contributed by atoms with E-state index in [1.54, 1.807) is 13.3 Å². The maximum absolute atomic E-state index is 12.1. The van der Waals surface area contributed by atoms with Gasteiger partial charge in [0.15, 0.2) is 0 Å². The van der Waals surface area contributed by atoms with Crippen molar-refractivity contribution in [2.24, 2.45) is 11.7 Å². The molecular formula is C16H28N3O2. The van der Waals surface area contributed by atoms with Crippen molar-refractivity contribution in [3.05, 3.63) is 6.42 Å². The molecule has 0 aromatic rings. The molecule has 1 aliphatic heterocycles. The second kappa shape index (κ2) is 7.78. The van der Waals surface area contributed by atoms with E-state index in [4.69, 9.17) is 5.73 Å². The molecule has 0 aromatic carbocycles. The van der Waals surface area contributed by atoms with Gasteiger partial charge >= 0.3 is 0 Å². The van der Waals surface area contributed by atoms with Gasteiger partial charge < -0.3 is 10.6 Å². The Hall–Kier alpha value is -1.10. The molecule has 1 heterocycles. The Bertz CT molecular complexity index is 359. The van der Waals surface area contributed by atoms with Crippen LogP contribution in [0.3, 0.4) is 0 Å². The lowest BCUT2D eigenvalue weighted by Crippen LogP contribution is -2.52. The van der Waals surface area contributed by atoms with Crippen LogP contribution in [0.5, 0.6) is 0 Å². The van der Waals surface area contributed by atoms with Crippen LogP contribution in [0.2, 0.25) is 0 Å². The topological polar surface area (TPSA) is 66.6 Å². The molecule has 1 radical (unpaired) electrons. The predicted molar refractivity (Wildman–Crippen MR) is 82.3 cm³/mol. The van der Waals surface area contributed by atoms with E-state index in [1.165, 1.54) is 32.1 Å². The summed E-state index contributed by atoms with van der Waals surface area (Å²) in [4.78, 5) is 27.5. The first kappa shape index (κ1) is 16.3. The Morgan fingerprint density at radius 2 is 1.76 bits per heavy atom. The smallest absolute Gasteiger partial charge is 0.226 e. The van der Waals surface area contributed by atoms with Crippen LogP contribution in [0.4, 0.5) is 0 Å². The Morgan fingerprint density at radius 1 is 1.14 bits per heavy atom. The van der Waals surface area contributed by atoms with Gasteiger partial charge in [-0.05, 0) is 19.3 Å². The Kier molecular flexibility index (Phi) is 6.03. The minimum atomic E-state index is -0.346. The molecule has 119 valence electrons. The highest BCUT2D eigenvalue weighted by Gasteiger charge is 2.27. The molecule has 2 N–H and O–H groups in total. The minimum Gasteiger partial charge on any atom is -0.369 e. The van der Waals surface area contributed by atoms with Crippen molar-refractivity contribution in [2.45, 2.75) is 51.5 Å². The third-order valence-electron chi connectivity index (χ3n) is 4.85. The molecule has 21 heavy (non-hydrogen) atoms. The molecule has 2 aliphatic rings. The maximum atomic E-state index is 12.1. The molecule has 1 atom stereocenters. The zero-order valence-corrected chi connectivity index (χ0v) is 13.1. The third kappa shape index (κ3) is 4.70. The number of nitrogens with zero attached hydrogens (tertiary/aromatic N) is 2. The van der Waals surface area contributed by atoms with Crippen LogP contribution in [-0.2, 0) is 9.59 Å². The van der Waals surface area contributed by atoms with E-state index in [0.717, 1.165) is 32.2 Å². The summed E-state index contributed by atoms with van der Waals surface area (Å²) < 4.78 is 0. The lowest BCUT2D eigenvalue weighted by Gasteiger charge is -2.40. The van der Waals surface area contributed by atoms with Gasteiger partial charge in [0.2, 0.25) is 11.8 Å². The first-order chi connectivity index (χ1) is 10.1. The van der Waals surface area contributed by atoms with Gasteiger partial charge in [-0.3, -0.25) is 14.5 Å². The summed E-state index contributed by atoms with van der Waals surface area (Å²) in [5, 5.41) is 0. The molecule has 0 aromatic heterocycles. The minimum absolute atomic E-state index is 0.0476. The summed E-state index contributed by atoms with van der Waals surface area (Å²) in [6.07, 6.45) is 8.77. The van der Waals surface area contributed by atoms with Crippen LogP contribution in [0.25, 0.3) is 0 Å².